The Morgan fingerprint density at radius 2 is 2.18 bits per heavy atom. The van der Waals surface area contributed by atoms with E-state index in [0.29, 0.717) is 0 Å². The largest absolute Gasteiger partial charge is 0.464 e. The van der Waals surface area contributed by atoms with Crippen LogP contribution in [0.1, 0.15) is 11.4 Å². The first-order valence-electron chi connectivity index (χ1n) is 3.59. The maximum Gasteiger partial charge on any atom is 0.137 e. The molecule has 56 valence electrons. The van der Waals surface area contributed by atoms with E-state index in [4.69, 9.17) is 4.42 Å². The number of aryl methyl sites for hydroxylation is 2. The zero-order valence-electron chi connectivity index (χ0n) is 6.59. The van der Waals surface area contributed by atoms with E-state index in [9.17, 15) is 0 Å². The van der Waals surface area contributed by atoms with Crippen LogP contribution in [-0.4, -0.2) is 4.98 Å². The van der Waals surface area contributed by atoms with Crippen molar-refractivity contribution in [2.45, 2.75) is 13.8 Å². The number of fused-ring (bicyclic) bond motifs is 1. The Morgan fingerprint density at radius 1 is 1.36 bits per heavy atom. The first-order valence-corrected chi connectivity index (χ1v) is 3.59. The number of furan rings is 1. The predicted octanol–water partition coefficient (Wildman–Crippen LogP) is 2.44. The first-order chi connectivity index (χ1) is 5.27. The van der Waals surface area contributed by atoms with Gasteiger partial charge < -0.3 is 4.42 Å². The SMILES string of the molecule is Cc1cc2occc2c(C)n1. The van der Waals surface area contributed by atoms with E-state index in [-0.39, 0.29) is 0 Å². The van der Waals surface area contributed by atoms with Crippen molar-refractivity contribution < 1.29 is 4.42 Å². The monoisotopic (exact) mass is 147 g/mol. The van der Waals surface area contributed by atoms with E-state index < -0.39 is 0 Å². The molecular weight excluding hydrogens is 138 g/mol. The molecule has 0 fully saturated rings. The van der Waals surface area contributed by atoms with Crippen molar-refractivity contribution in [1.82, 2.24) is 4.98 Å². The van der Waals surface area contributed by atoms with Crippen molar-refractivity contribution in [2.24, 2.45) is 0 Å². The van der Waals surface area contributed by atoms with Crippen LogP contribution in [0.4, 0.5) is 0 Å². The fourth-order valence-corrected chi connectivity index (χ4v) is 1.28. The average molecular weight is 147 g/mol. The van der Waals surface area contributed by atoms with Gasteiger partial charge in [0.25, 0.3) is 0 Å². The van der Waals surface area contributed by atoms with Gasteiger partial charge in [-0.25, -0.2) is 0 Å². The van der Waals surface area contributed by atoms with Gasteiger partial charge in [-0.2, -0.15) is 0 Å². The van der Waals surface area contributed by atoms with Gasteiger partial charge in [0.15, 0.2) is 0 Å². The minimum absolute atomic E-state index is 0.926. The molecule has 0 unspecified atom stereocenters. The summed E-state index contributed by atoms with van der Waals surface area (Å²) in [6.07, 6.45) is 1.69. The van der Waals surface area contributed by atoms with Gasteiger partial charge in [-0.3, -0.25) is 4.98 Å². The van der Waals surface area contributed by atoms with Gasteiger partial charge in [0.1, 0.15) is 5.58 Å². The lowest BCUT2D eigenvalue weighted by atomic mass is 10.2. The van der Waals surface area contributed by atoms with Crippen molar-refractivity contribution in [3.05, 3.63) is 29.8 Å². The molecule has 0 N–H and O–H groups in total. The van der Waals surface area contributed by atoms with Crippen LogP contribution >= 0.6 is 0 Å². The highest BCUT2D eigenvalue weighted by atomic mass is 16.3. The van der Waals surface area contributed by atoms with Crippen LogP contribution in [0.15, 0.2) is 22.8 Å². The lowest BCUT2D eigenvalue weighted by molar-refractivity contribution is 0.615. The zero-order valence-corrected chi connectivity index (χ0v) is 6.59. The summed E-state index contributed by atoms with van der Waals surface area (Å²) in [5, 5.41) is 1.11. The van der Waals surface area contributed by atoms with Gasteiger partial charge in [0.05, 0.1) is 6.26 Å². The van der Waals surface area contributed by atoms with E-state index in [1.165, 1.54) is 0 Å². The lowest BCUT2D eigenvalue weighted by Gasteiger charge is -1.95. The molecule has 0 aliphatic heterocycles. The van der Waals surface area contributed by atoms with Gasteiger partial charge in [-0.1, -0.05) is 0 Å². The van der Waals surface area contributed by atoms with E-state index in [2.05, 4.69) is 4.98 Å². The minimum atomic E-state index is 0.926. The number of rotatable bonds is 0. The maximum atomic E-state index is 5.24. The van der Waals surface area contributed by atoms with E-state index >= 15 is 0 Å². The van der Waals surface area contributed by atoms with Crippen molar-refractivity contribution in [2.75, 3.05) is 0 Å². The summed E-state index contributed by atoms with van der Waals surface area (Å²) in [4.78, 5) is 4.31. The Kier molecular flexibility index (Phi) is 1.22. The molecule has 2 nitrogen and oxygen atoms in total. The topological polar surface area (TPSA) is 26.0 Å². The number of hydrogen-bond donors (Lipinski definition) is 0. The highest BCUT2D eigenvalue weighted by Crippen LogP contribution is 2.18. The molecule has 2 aromatic rings. The van der Waals surface area contributed by atoms with Gasteiger partial charge in [0, 0.05) is 22.8 Å². The normalized spacial score (nSPS) is 10.7. The summed E-state index contributed by atoms with van der Waals surface area (Å²) in [6, 6.07) is 3.89. The van der Waals surface area contributed by atoms with Crippen molar-refractivity contribution >= 4 is 11.0 Å². The van der Waals surface area contributed by atoms with Crippen LogP contribution in [0.2, 0.25) is 0 Å². The molecule has 0 radical (unpaired) electrons. The molecule has 2 heterocycles. The predicted molar refractivity (Wildman–Crippen MR) is 43.5 cm³/mol. The molecule has 0 saturated heterocycles. The molecule has 2 aromatic heterocycles. The molecule has 0 aromatic carbocycles. The number of nitrogens with zero attached hydrogens (tertiary/aromatic N) is 1. The van der Waals surface area contributed by atoms with Gasteiger partial charge in [0.2, 0.25) is 0 Å². The fourth-order valence-electron chi connectivity index (χ4n) is 1.28. The standard InChI is InChI=1S/C9H9NO/c1-6-5-9-8(3-4-11-9)7(2)10-6/h3-5H,1-2H3. The van der Waals surface area contributed by atoms with Gasteiger partial charge in [-0.15, -0.1) is 0 Å². The highest BCUT2D eigenvalue weighted by molar-refractivity contribution is 5.79. The molecule has 0 spiro atoms. The van der Waals surface area contributed by atoms with E-state index in [0.717, 1.165) is 22.4 Å². The van der Waals surface area contributed by atoms with Gasteiger partial charge >= 0.3 is 0 Å². The third kappa shape index (κ3) is 0.909. The van der Waals surface area contributed by atoms with E-state index in [1.54, 1.807) is 6.26 Å². The van der Waals surface area contributed by atoms with Crippen molar-refractivity contribution in [3.63, 3.8) is 0 Å². The second kappa shape index (κ2) is 2.09. The number of hydrogen-bond acceptors (Lipinski definition) is 2. The Bertz CT molecular complexity index is 389. The van der Waals surface area contributed by atoms with Crippen LogP contribution in [0, 0.1) is 13.8 Å². The molecule has 0 bridgehead atoms. The molecule has 2 heteroatoms. The minimum Gasteiger partial charge on any atom is -0.464 e. The molecule has 0 aliphatic carbocycles. The lowest BCUT2D eigenvalue weighted by Crippen LogP contribution is -1.84. The quantitative estimate of drug-likeness (QED) is 0.572. The summed E-state index contributed by atoms with van der Waals surface area (Å²) in [5.41, 5.74) is 2.97. The number of aromatic nitrogens is 1. The Morgan fingerprint density at radius 3 is 3.00 bits per heavy atom. The first kappa shape index (κ1) is 6.40. The summed E-state index contributed by atoms with van der Waals surface area (Å²) < 4.78 is 5.24. The molecule has 0 amide bonds. The second-order valence-electron chi connectivity index (χ2n) is 2.68. The summed E-state index contributed by atoms with van der Waals surface area (Å²) in [5.74, 6) is 0. The smallest absolute Gasteiger partial charge is 0.137 e. The molecule has 11 heavy (non-hydrogen) atoms. The van der Waals surface area contributed by atoms with Crippen molar-refractivity contribution in [1.29, 1.82) is 0 Å². The Labute approximate surface area is 64.9 Å². The second-order valence-corrected chi connectivity index (χ2v) is 2.68. The summed E-state index contributed by atoms with van der Waals surface area (Å²) >= 11 is 0. The molecule has 2 rings (SSSR count). The molecule has 0 atom stereocenters. The third-order valence-corrected chi connectivity index (χ3v) is 1.77. The molecule has 0 saturated carbocycles. The van der Waals surface area contributed by atoms with Crippen LogP contribution < -0.4 is 0 Å². The Balaban J connectivity index is 2.91. The van der Waals surface area contributed by atoms with Crippen molar-refractivity contribution in [3.8, 4) is 0 Å². The van der Waals surface area contributed by atoms with Crippen LogP contribution in [0.25, 0.3) is 11.0 Å². The van der Waals surface area contributed by atoms with E-state index in [1.807, 2.05) is 26.0 Å². The van der Waals surface area contributed by atoms with Crippen LogP contribution in [0.5, 0.6) is 0 Å². The number of pyridine rings is 1. The average Bonchev–Trinajstić information content (AvgIpc) is 2.34. The van der Waals surface area contributed by atoms with Gasteiger partial charge in [-0.05, 0) is 19.9 Å². The summed E-state index contributed by atoms with van der Waals surface area (Å²) in [7, 11) is 0. The molecule has 0 aliphatic rings. The maximum absolute atomic E-state index is 5.24. The van der Waals surface area contributed by atoms with Crippen LogP contribution in [-0.2, 0) is 0 Å². The summed E-state index contributed by atoms with van der Waals surface area (Å²) in [6.45, 7) is 3.96. The third-order valence-electron chi connectivity index (χ3n) is 1.77. The zero-order chi connectivity index (χ0) is 7.84. The fraction of sp³-hybridized carbons (Fsp3) is 0.222. The Hall–Kier alpha value is -1.31. The molecular formula is C9H9NO. The highest BCUT2D eigenvalue weighted by Gasteiger charge is 2.00. The van der Waals surface area contributed by atoms with Crippen LogP contribution in [0.3, 0.4) is 0 Å².